The van der Waals surface area contributed by atoms with Crippen LogP contribution in [0, 0.1) is 17.1 Å². The molecule has 3 heterocycles. The Morgan fingerprint density at radius 1 is 1.26 bits per heavy atom. The first-order chi connectivity index (χ1) is 15.0. The highest BCUT2D eigenvalue weighted by molar-refractivity contribution is 6.07. The molecule has 3 aromatic heterocycles. The van der Waals surface area contributed by atoms with Gasteiger partial charge in [0.15, 0.2) is 5.82 Å². The SMILES string of the molecule is CNc1nc2c(cc(-c3cc(F)cc(C#N)c3)n2CCN(C)CCO)c2c1ncn2C. The number of hydrogen-bond acceptors (Lipinski definition) is 6. The molecule has 160 valence electrons. The molecule has 0 unspecified atom stereocenters. The number of aromatic nitrogens is 4. The summed E-state index contributed by atoms with van der Waals surface area (Å²) in [4.78, 5) is 11.3. The Morgan fingerprint density at radius 3 is 2.77 bits per heavy atom. The van der Waals surface area contributed by atoms with Crippen molar-refractivity contribution in [2.24, 2.45) is 7.05 Å². The highest BCUT2D eigenvalue weighted by Gasteiger charge is 2.20. The molecule has 4 aromatic rings. The van der Waals surface area contributed by atoms with Crippen LogP contribution in [-0.4, -0.2) is 62.9 Å². The number of aliphatic hydroxyl groups excluding tert-OH is 1. The largest absolute Gasteiger partial charge is 0.395 e. The molecule has 0 amide bonds. The molecule has 0 spiro atoms. The molecule has 0 atom stereocenters. The predicted molar refractivity (Wildman–Crippen MR) is 118 cm³/mol. The maximum Gasteiger partial charge on any atom is 0.156 e. The van der Waals surface area contributed by atoms with Crippen molar-refractivity contribution in [2.45, 2.75) is 6.54 Å². The number of imidazole rings is 1. The second-order valence-corrected chi connectivity index (χ2v) is 7.55. The number of nitrogens with zero attached hydrogens (tertiary/aromatic N) is 6. The van der Waals surface area contributed by atoms with Gasteiger partial charge >= 0.3 is 0 Å². The number of aryl methyl sites for hydroxylation is 1. The molecule has 8 nitrogen and oxygen atoms in total. The van der Waals surface area contributed by atoms with Gasteiger partial charge in [0, 0.05) is 44.7 Å². The van der Waals surface area contributed by atoms with Crippen LogP contribution in [0.15, 0.2) is 30.6 Å². The smallest absolute Gasteiger partial charge is 0.156 e. The number of anilines is 1. The van der Waals surface area contributed by atoms with Crippen LogP contribution in [0.3, 0.4) is 0 Å². The molecule has 9 heteroatoms. The Hall–Kier alpha value is -3.48. The average Bonchev–Trinajstić information content (AvgIpc) is 3.32. The van der Waals surface area contributed by atoms with E-state index in [2.05, 4.69) is 10.3 Å². The van der Waals surface area contributed by atoms with Gasteiger partial charge in [0.1, 0.15) is 17.0 Å². The van der Waals surface area contributed by atoms with Gasteiger partial charge in [0.05, 0.1) is 35.8 Å². The van der Waals surface area contributed by atoms with Crippen molar-refractivity contribution in [1.82, 2.24) is 24.0 Å². The number of aliphatic hydroxyl groups is 1. The zero-order chi connectivity index (χ0) is 22.1. The first-order valence-corrected chi connectivity index (χ1v) is 9.99. The highest BCUT2D eigenvalue weighted by atomic mass is 19.1. The second kappa shape index (κ2) is 8.34. The maximum absolute atomic E-state index is 14.3. The third-order valence-electron chi connectivity index (χ3n) is 5.45. The molecule has 0 saturated carbocycles. The molecule has 0 fully saturated rings. The van der Waals surface area contributed by atoms with E-state index < -0.39 is 5.82 Å². The van der Waals surface area contributed by atoms with Crippen LogP contribution in [-0.2, 0) is 13.6 Å². The van der Waals surface area contributed by atoms with E-state index in [0.29, 0.717) is 31.0 Å². The molecule has 0 aliphatic rings. The van der Waals surface area contributed by atoms with Gasteiger partial charge in [-0.05, 0) is 31.3 Å². The van der Waals surface area contributed by atoms with Crippen LogP contribution in [0.25, 0.3) is 33.3 Å². The monoisotopic (exact) mass is 421 g/mol. The Bertz CT molecular complexity index is 1300. The van der Waals surface area contributed by atoms with Crippen LogP contribution in [0.2, 0.25) is 0 Å². The molecule has 0 radical (unpaired) electrons. The lowest BCUT2D eigenvalue weighted by atomic mass is 10.1. The Morgan fingerprint density at radius 2 is 2.06 bits per heavy atom. The minimum atomic E-state index is -0.460. The van der Waals surface area contributed by atoms with Gasteiger partial charge in [-0.25, -0.2) is 14.4 Å². The topological polar surface area (TPSA) is 94.9 Å². The number of fused-ring (bicyclic) bond motifs is 3. The van der Waals surface area contributed by atoms with E-state index in [0.717, 1.165) is 27.8 Å². The van der Waals surface area contributed by atoms with Crippen molar-refractivity contribution in [3.8, 4) is 17.3 Å². The summed E-state index contributed by atoms with van der Waals surface area (Å²) in [7, 11) is 5.66. The van der Waals surface area contributed by atoms with E-state index in [4.69, 9.17) is 4.98 Å². The number of halogens is 1. The quantitative estimate of drug-likeness (QED) is 0.476. The van der Waals surface area contributed by atoms with Gasteiger partial charge in [-0.2, -0.15) is 5.26 Å². The second-order valence-electron chi connectivity index (χ2n) is 7.55. The molecule has 0 bridgehead atoms. The predicted octanol–water partition coefficient (Wildman–Crippen LogP) is 2.57. The van der Waals surface area contributed by atoms with Gasteiger partial charge in [0.2, 0.25) is 0 Å². The lowest BCUT2D eigenvalue weighted by Crippen LogP contribution is -2.26. The molecule has 31 heavy (non-hydrogen) atoms. The highest BCUT2D eigenvalue weighted by Crippen LogP contribution is 2.34. The molecule has 0 aliphatic heterocycles. The number of benzene rings is 1. The van der Waals surface area contributed by atoms with Crippen molar-refractivity contribution in [2.75, 3.05) is 39.1 Å². The van der Waals surface area contributed by atoms with Gasteiger partial charge in [-0.1, -0.05) is 0 Å². The summed E-state index contributed by atoms with van der Waals surface area (Å²) in [6.07, 6.45) is 1.74. The van der Waals surface area contributed by atoms with Crippen LogP contribution < -0.4 is 5.32 Å². The first-order valence-electron chi connectivity index (χ1n) is 9.99. The Kier molecular flexibility index (Phi) is 5.59. The van der Waals surface area contributed by atoms with E-state index in [1.165, 1.54) is 12.1 Å². The molecule has 1 aromatic carbocycles. The van der Waals surface area contributed by atoms with Gasteiger partial charge in [-0.15, -0.1) is 0 Å². The summed E-state index contributed by atoms with van der Waals surface area (Å²) < 4.78 is 18.2. The summed E-state index contributed by atoms with van der Waals surface area (Å²) in [5, 5.41) is 22.6. The normalized spacial score (nSPS) is 11.5. The maximum atomic E-state index is 14.3. The van der Waals surface area contributed by atoms with E-state index in [1.54, 1.807) is 19.4 Å². The summed E-state index contributed by atoms with van der Waals surface area (Å²) in [5.41, 5.74) is 4.08. The van der Waals surface area contributed by atoms with E-state index in [1.807, 2.05) is 40.3 Å². The van der Waals surface area contributed by atoms with Crippen molar-refractivity contribution in [3.05, 3.63) is 42.0 Å². The molecule has 2 N–H and O–H groups in total. The third kappa shape index (κ3) is 3.71. The zero-order valence-electron chi connectivity index (χ0n) is 17.7. The number of likely N-dealkylation sites (N-methyl/N-ethyl adjacent to an activating group) is 1. The summed E-state index contributed by atoms with van der Waals surface area (Å²) in [5.74, 6) is 0.201. The molecule has 0 saturated heterocycles. The van der Waals surface area contributed by atoms with Crippen molar-refractivity contribution >= 4 is 27.9 Å². The van der Waals surface area contributed by atoms with Crippen LogP contribution in [0.1, 0.15) is 5.56 Å². The number of hydrogen-bond donors (Lipinski definition) is 2. The van der Waals surface area contributed by atoms with Gasteiger partial charge in [-0.3, -0.25) is 0 Å². The van der Waals surface area contributed by atoms with E-state index in [9.17, 15) is 14.8 Å². The fourth-order valence-electron chi connectivity index (χ4n) is 3.91. The number of nitriles is 1. The molecular weight excluding hydrogens is 397 g/mol. The van der Waals surface area contributed by atoms with Crippen molar-refractivity contribution < 1.29 is 9.50 Å². The zero-order valence-corrected chi connectivity index (χ0v) is 17.7. The third-order valence-corrected chi connectivity index (χ3v) is 5.45. The van der Waals surface area contributed by atoms with Crippen LogP contribution in [0.5, 0.6) is 0 Å². The van der Waals surface area contributed by atoms with Crippen molar-refractivity contribution in [3.63, 3.8) is 0 Å². The number of nitrogens with one attached hydrogen (secondary N) is 1. The standard InChI is InChI=1S/C22H24FN7O/c1-25-21-19-20(29(3)13-26-19)17-11-18(15-8-14(12-24)9-16(23)10-15)30(22(17)27-21)5-4-28(2)6-7-31/h8-11,13,31H,4-7H2,1-3H3,(H,25,27). The molecular formula is C22H24FN7O. The first kappa shape index (κ1) is 20.8. The van der Waals surface area contributed by atoms with E-state index >= 15 is 0 Å². The Balaban J connectivity index is 1.99. The fourth-order valence-corrected chi connectivity index (χ4v) is 3.91. The number of pyridine rings is 1. The minimum Gasteiger partial charge on any atom is -0.395 e. The summed E-state index contributed by atoms with van der Waals surface area (Å²) in [6, 6.07) is 8.35. The molecule has 0 aliphatic carbocycles. The van der Waals surface area contributed by atoms with Gasteiger partial charge < -0.3 is 24.5 Å². The van der Waals surface area contributed by atoms with E-state index in [-0.39, 0.29) is 12.2 Å². The van der Waals surface area contributed by atoms with Crippen LogP contribution >= 0.6 is 0 Å². The lowest BCUT2D eigenvalue weighted by molar-refractivity contribution is 0.218. The number of rotatable bonds is 7. The van der Waals surface area contributed by atoms with Crippen molar-refractivity contribution in [1.29, 1.82) is 5.26 Å². The van der Waals surface area contributed by atoms with Gasteiger partial charge in [0.25, 0.3) is 0 Å². The molecule has 4 rings (SSSR count). The fraction of sp³-hybridized carbons (Fsp3) is 0.318. The minimum absolute atomic E-state index is 0.0724. The Labute approximate surface area is 179 Å². The average molecular weight is 421 g/mol. The summed E-state index contributed by atoms with van der Waals surface area (Å²) in [6.45, 7) is 1.86. The lowest BCUT2D eigenvalue weighted by Gasteiger charge is -2.18. The van der Waals surface area contributed by atoms with Crippen LogP contribution in [0.4, 0.5) is 10.2 Å². The summed E-state index contributed by atoms with van der Waals surface area (Å²) >= 11 is 0.